The summed E-state index contributed by atoms with van der Waals surface area (Å²) in [6, 6.07) is 2.09. The summed E-state index contributed by atoms with van der Waals surface area (Å²) in [5, 5.41) is 2.29. The van der Waals surface area contributed by atoms with Gasteiger partial charge in [-0.15, -0.1) is 0 Å². The predicted octanol–water partition coefficient (Wildman–Crippen LogP) is 3.55. The van der Waals surface area contributed by atoms with E-state index >= 15 is 0 Å². The Balaban J connectivity index is 0.000000306. The third-order valence-corrected chi connectivity index (χ3v) is 3.66. The number of rotatable bonds is 4. The standard InChI is InChI=1S/C9H10F3N3O2.C6H10O.C2H6/c10-9(11,12)5-17-7-3-6(1-2-14-7)4-15-8(13)16;1-2-6-4-3-5(1)7-6;1-2/h1-3H,4-5H2,(H3,13,15,16);5-6H,1-4H2;1-2H3. The fourth-order valence-electron chi connectivity index (χ4n) is 2.56. The Hall–Kier alpha value is -2.03. The number of fused-ring (bicyclic) bond motifs is 2. The number of carbonyl (C=O) groups excluding carboxylic acids is 1. The van der Waals surface area contributed by atoms with Crippen LogP contribution in [0.3, 0.4) is 0 Å². The van der Waals surface area contributed by atoms with Gasteiger partial charge in [-0.2, -0.15) is 13.2 Å². The van der Waals surface area contributed by atoms with Crippen molar-refractivity contribution in [3.63, 3.8) is 0 Å². The van der Waals surface area contributed by atoms with E-state index in [2.05, 4.69) is 15.0 Å². The summed E-state index contributed by atoms with van der Waals surface area (Å²) < 4.78 is 45.5. The molecule has 1 aromatic heterocycles. The first-order valence-corrected chi connectivity index (χ1v) is 8.65. The van der Waals surface area contributed by atoms with Gasteiger partial charge in [0.05, 0.1) is 12.2 Å². The highest BCUT2D eigenvalue weighted by atomic mass is 19.4. The van der Waals surface area contributed by atoms with E-state index in [1.165, 1.54) is 44.0 Å². The second-order valence-corrected chi connectivity index (χ2v) is 5.66. The minimum atomic E-state index is -4.41. The maximum atomic E-state index is 11.9. The lowest BCUT2D eigenvalue weighted by Gasteiger charge is -2.09. The minimum absolute atomic E-state index is 0.0975. The van der Waals surface area contributed by atoms with Crippen molar-refractivity contribution < 1.29 is 27.4 Å². The van der Waals surface area contributed by atoms with Crippen LogP contribution in [-0.4, -0.2) is 36.0 Å². The van der Waals surface area contributed by atoms with Gasteiger partial charge >= 0.3 is 12.2 Å². The molecule has 148 valence electrons. The number of aromatic nitrogens is 1. The Morgan fingerprint density at radius 3 is 2.31 bits per heavy atom. The first kappa shape index (κ1) is 22.0. The van der Waals surface area contributed by atoms with E-state index in [1.54, 1.807) is 0 Å². The molecule has 2 aliphatic rings. The largest absolute Gasteiger partial charge is 0.468 e. The first-order valence-electron chi connectivity index (χ1n) is 8.65. The van der Waals surface area contributed by atoms with Crippen molar-refractivity contribution in [2.24, 2.45) is 5.73 Å². The molecule has 0 unspecified atom stereocenters. The third kappa shape index (κ3) is 8.89. The summed E-state index contributed by atoms with van der Waals surface area (Å²) in [7, 11) is 0. The molecule has 0 saturated carbocycles. The number of hydrogen-bond donors (Lipinski definition) is 2. The van der Waals surface area contributed by atoms with Gasteiger partial charge in [0.25, 0.3) is 0 Å². The molecule has 0 aliphatic carbocycles. The molecule has 0 spiro atoms. The van der Waals surface area contributed by atoms with E-state index in [0.717, 1.165) is 0 Å². The van der Waals surface area contributed by atoms with E-state index in [1.807, 2.05) is 13.8 Å². The van der Waals surface area contributed by atoms with Gasteiger partial charge in [0.15, 0.2) is 6.61 Å². The summed E-state index contributed by atoms with van der Waals surface area (Å²) >= 11 is 0. The molecule has 2 fully saturated rings. The lowest BCUT2D eigenvalue weighted by Crippen LogP contribution is -2.28. The smallest absolute Gasteiger partial charge is 0.422 e. The van der Waals surface area contributed by atoms with Crippen molar-refractivity contribution in [2.75, 3.05) is 6.61 Å². The van der Waals surface area contributed by atoms with Crippen LogP contribution in [0.25, 0.3) is 0 Å². The number of nitrogens with two attached hydrogens (primary N) is 1. The van der Waals surface area contributed by atoms with Crippen LogP contribution in [0.2, 0.25) is 0 Å². The molecule has 2 amide bonds. The maximum absolute atomic E-state index is 11.9. The normalized spacial score (nSPS) is 20.3. The number of amides is 2. The van der Waals surface area contributed by atoms with Crippen molar-refractivity contribution in [3.05, 3.63) is 23.9 Å². The second kappa shape index (κ2) is 10.8. The summed E-state index contributed by atoms with van der Waals surface area (Å²) in [5.41, 5.74) is 5.39. The lowest BCUT2D eigenvalue weighted by molar-refractivity contribution is -0.154. The van der Waals surface area contributed by atoms with Gasteiger partial charge in [0.1, 0.15) is 0 Å². The lowest BCUT2D eigenvalue weighted by atomic mass is 10.0. The number of urea groups is 1. The van der Waals surface area contributed by atoms with E-state index in [4.69, 9.17) is 10.5 Å². The monoisotopic (exact) mass is 377 g/mol. The van der Waals surface area contributed by atoms with Gasteiger partial charge in [-0.3, -0.25) is 0 Å². The van der Waals surface area contributed by atoms with Crippen molar-refractivity contribution in [2.45, 2.75) is 64.5 Å². The molecule has 0 atom stereocenters. The Morgan fingerprint density at radius 1 is 1.31 bits per heavy atom. The molecular weight excluding hydrogens is 351 g/mol. The van der Waals surface area contributed by atoms with Gasteiger partial charge in [-0.25, -0.2) is 9.78 Å². The van der Waals surface area contributed by atoms with E-state index in [0.29, 0.717) is 17.8 Å². The molecule has 2 aliphatic heterocycles. The van der Waals surface area contributed by atoms with Crippen LogP contribution in [-0.2, 0) is 11.3 Å². The van der Waals surface area contributed by atoms with Crippen molar-refractivity contribution in [3.8, 4) is 5.88 Å². The van der Waals surface area contributed by atoms with Gasteiger partial charge < -0.3 is 20.5 Å². The molecule has 3 heterocycles. The molecule has 2 saturated heterocycles. The average Bonchev–Trinajstić information content (AvgIpc) is 3.26. The van der Waals surface area contributed by atoms with Gasteiger partial charge in [0.2, 0.25) is 5.88 Å². The first-order chi connectivity index (χ1) is 12.3. The van der Waals surface area contributed by atoms with Crippen molar-refractivity contribution >= 4 is 6.03 Å². The minimum Gasteiger partial charge on any atom is -0.468 e. The number of primary amides is 1. The van der Waals surface area contributed by atoms with Crippen LogP contribution in [0.5, 0.6) is 5.88 Å². The molecule has 2 bridgehead atoms. The Bertz CT molecular complexity index is 538. The molecule has 3 rings (SSSR count). The molecular formula is C17H26F3N3O3. The van der Waals surface area contributed by atoms with E-state index in [-0.39, 0.29) is 12.4 Å². The molecule has 0 radical (unpaired) electrons. The summed E-state index contributed by atoms with van der Waals surface area (Å²) in [4.78, 5) is 14.0. The highest BCUT2D eigenvalue weighted by Crippen LogP contribution is 2.33. The Morgan fingerprint density at radius 2 is 1.88 bits per heavy atom. The van der Waals surface area contributed by atoms with Crippen LogP contribution in [0.15, 0.2) is 18.3 Å². The highest BCUT2D eigenvalue weighted by Gasteiger charge is 2.31. The van der Waals surface area contributed by atoms with Crippen LogP contribution in [0, 0.1) is 0 Å². The zero-order valence-electron chi connectivity index (χ0n) is 15.0. The maximum Gasteiger partial charge on any atom is 0.422 e. The van der Waals surface area contributed by atoms with Crippen LogP contribution < -0.4 is 15.8 Å². The quantitative estimate of drug-likeness (QED) is 0.840. The number of halogens is 3. The summed E-state index contributed by atoms with van der Waals surface area (Å²) in [6.45, 7) is 2.69. The Kier molecular flexibility index (Phi) is 9.18. The number of pyridine rings is 1. The molecule has 1 aromatic rings. The van der Waals surface area contributed by atoms with Gasteiger partial charge in [0, 0.05) is 18.8 Å². The van der Waals surface area contributed by atoms with Crippen LogP contribution in [0.1, 0.15) is 45.1 Å². The van der Waals surface area contributed by atoms with E-state index in [9.17, 15) is 18.0 Å². The van der Waals surface area contributed by atoms with Gasteiger partial charge in [-0.1, -0.05) is 13.8 Å². The summed E-state index contributed by atoms with van der Waals surface area (Å²) in [5.74, 6) is -0.161. The number of nitrogens with zero attached hydrogens (tertiary/aromatic N) is 1. The van der Waals surface area contributed by atoms with Crippen molar-refractivity contribution in [1.82, 2.24) is 10.3 Å². The zero-order chi connectivity index (χ0) is 19.6. The molecule has 3 N–H and O–H groups in total. The molecule has 0 aromatic carbocycles. The average molecular weight is 377 g/mol. The number of hydrogen-bond acceptors (Lipinski definition) is 4. The van der Waals surface area contributed by atoms with Crippen molar-refractivity contribution in [1.29, 1.82) is 0 Å². The van der Waals surface area contributed by atoms with Crippen LogP contribution >= 0.6 is 0 Å². The summed E-state index contributed by atoms with van der Waals surface area (Å²) in [6.07, 6.45) is 3.56. The number of carbonyl (C=O) groups is 1. The van der Waals surface area contributed by atoms with Gasteiger partial charge in [-0.05, 0) is 37.3 Å². The topological polar surface area (TPSA) is 86.5 Å². The molecule has 26 heavy (non-hydrogen) atoms. The third-order valence-electron chi connectivity index (χ3n) is 3.66. The number of ether oxygens (including phenoxy) is 2. The second-order valence-electron chi connectivity index (χ2n) is 5.66. The zero-order valence-corrected chi connectivity index (χ0v) is 15.0. The molecule has 6 nitrogen and oxygen atoms in total. The fourth-order valence-corrected chi connectivity index (χ4v) is 2.56. The van der Waals surface area contributed by atoms with Crippen LogP contribution in [0.4, 0.5) is 18.0 Å². The predicted molar refractivity (Wildman–Crippen MR) is 90.7 cm³/mol. The SMILES string of the molecule is C1CC2CCC1O2.CC.NC(=O)NCc1ccnc(OCC(F)(F)F)c1. The molecule has 9 heteroatoms. The number of alkyl halides is 3. The fraction of sp³-hybridized carbons (Fsp3) is 0.647. The highest BCUT2D eigenvalue weighted by molar-refractivity contribution is 5.71. The number of nitrogens with one attached hydrogen (secondary N) is 1. The van der Waals surface area contributed by atoms with E-state index < -0.39 is 18.8 Å². The Labute approximate surface area is 151 Å².